The van der Waals surface area contributed by atoms with E-state index in [-0.39, 0.29) is 0 Å². The molecule has 0 aliphatic carbocycles. The summed E-state index contributed by atoms with van der Waals surface area (Å²) in [6.45, 7) is 5.43. The monoisotopic (exact) mass is 246 g/mol. The van der Waals surface area contributed by atoms with E-state index in [1.807, 2.05) is 0 Å². The standard InChI is InChI=1S/C16H26N2/c1-2-16-5-3-4-12-18(16)13-15-8-6-14(7-9-15)10-11-17/h6-9,16H,2-5,10-13,17H2,1H3. The summed E-state index contributed by atoms with van der Waals surface area (Å²) in [5, 5.41) is 0. The first-order chi connectivity index (χ1) is 8.83. The summed E-state index contributed by atoms with van der Waals surface area (Å²) in [6.07, 6.45) is 6.42. The summed E-state index contributed by atoms with van der Waals surface area (Å²) in [6, 6.07) is 9.79. The summed E-state index contributed by atoms with van der Waals surface area (Å²) in [5.41, 5.74) is 8.37. The number of nitrogens with two attached hydrogens (primary N) is 1. The van der Waals surface area contributed by atoms with Gasteiger partial charge in [0.05, 0.1) is 0 Å². The molecule has 100 valence electrons. The SMILES string of the molecule is CCC1CCCCN1Cc1ccc(CCN)cc1. The second-order valence-electron chi connectivity index (χ2n) is 5.38. The Bertz CT molecular complexity index is 345. The molecule has 2 N–H and O–H groups in total. The van der Waals surface area contributed by atoms with E-state index in [4.69, 9.17) is 5.73 Å². The number of nitrogens with zero attached hydrogens (tertiary/aromatic N) is 1. The summed E-state index contributed by atoms with van der Waals surface area (Å²) >= 11 is 0. The first-order valence-electron chi connectivity index (χ1n) is 7.35. The van der Waals surface area contributed by atoms with Gasteiger partial charge in [-0.25, -0.2) is 0 Å². The molecular formula is C16H26N2. The zero-order chi connectivity index (χ0) is 12.8. The second-order valence-corrected chi connectivity index (χ2v) is 5.38. The fourth-order valence-electron chi connectivity index (χ4n) is 2.94. The number of benzene rings is 1. The molecule has 18 heavy (non-hydrogen) atoms. The van der Waals surface area contributed by atoms with E-state index in [2.05, 4.69) is 36.1 Å². The molecule has 0 amide bonds. The average molecular weight is 246 g/mol. The molecule has 2 heteroatoms. The van der Waals surface area contributed by atoms with Crippen molar-refractivity contribution in [3.8, 4) is 0 Å². The molecule has 0 saturated carbocycles. The Morgan fingerprint density at radius 2 is 1.89 bits per heavy atom. The molecule has 1 saturated heterocycles. The third kappa shape index (κ3) is 3.56. The predicted molar refractivity (Wildman–Crippen MR) is 77.5 cm³/mol. The summed E-state index contributed by atoms with van der Waals surface area (Å²) < 4.78 is 0. The Morgan fingerprint density at radius 3 is 2.56 bits per heavy atom. The van der Waals surface area contributed by atoms with Gasteiger partial charge in [0.15, 0.2) is 0 Å². The van der Waals surface area contributed by atoms with Crippen molar-refractivity contribution in [3.05, 3.63) is 35.4 Å². The fourth-order valence-corrected chi connectivity index (χ4v) is 2.94. The third-order valence-corrected chi connectivity index (χ3v) is 4.06. The van der Waals surface area contributed by atoms with Crippen molar-refractivity contribution in [3.63, 3.8) is 0 Å². The van der Waals surface area contributed by atoms with Crippen LogP contribution in [0.5, 0.6) is 0 Å². The Balaban J connectivity index is 1.95. The van der Waals surface area contributed by atoms with E-state index in [0.29, 0.717) is 0 Å². The molecule has 0 aromatic heterocycles. The molecule has 2 nitrogen and oxygen atoms in total. The van der Waals surface area contributed by atoms with E-state index < -0.39 is 0 Å². The van der Waals surface area contributed by atoms with Gasteiger partial charge in [-0.05, 0) is 49.9 Å². The van der Waals surface area contributed by atoms with Crippen LogP contribution in [0.3, 0.4) is 0 Å². The Kier molecular flexibility index (Phi) is 5.21. The average Bonchev–Trinajstić information content (AvgIpc) is 2.42. The van der Waals surface area contributed by atoms with Crippen molar-refractivity contribution >= 4 is 0 Å². The van der Waals surface area contributed by atoms with Crippen LogP contribution in [0.25, 0.3) is 0 Å². The maximum Gasteiger partial charge on any atom is 0.0236 e. The van der Waals surface area contributed by atoms with Crippen LogP contribution in [-0.2, 0) is 13.0 Å². The lowest BCUT2D eigenvalue weighted by Crippen LogP contribution is -2.38. The first-order valence-corrected chi connectivity index (χ1v) is 7.35. The maximum absolute atomic E-state index is 5.58. The van der Waals surface area contributed by atoms with Gasteiger partial charge in [-0.2, -0.15) is 0 Å². The molecular weight excluding hydrogens is 220 g/mol. The van der Waals surface area contributed by atoms with Gasteiger partial charge in [-0.15, -0.1) is 0 Å². The van der Waals surface area contributed by atoms with Gasteiger partial charge >= 0.3 is 0 Å². The maximum atomic E-state index is 5.58. The zero-order valence-electron chi connectivity index (χ0n) is 11.6. The van der Waals surface area contributed by atoms with Crippen molar-refractivity contribution in [2.45, 2.75) is 51.6 Å². The van der Waals surface area contributed by atoms with E-state index in [9.17, 15) is 0 Å². The van der Waals surface area contributed by atoms with E-state index in [1.54, 1.807) is 0 Å². The molecule has 1 aromatic carbocycles. The number of piperidine rings is 1. The van der Waals surface area contributed by atoms with Gasteiger partial charge in [-0.3, -0.25) is 4.90 Å². The molecule has 1 unspecified atom stereocenters. The second kappa shape index (κ2) is 6.91. The van der Waals surface area contributed by atoms with Crippen LogP contribution in [0.4, 0.5) is 0 Å². The number of hydrogen-bond donors (Lipinski definition) is 1. The molecule has 2 rings (SSSR count). The summed E-state index contributed by atoms with van der Waals surface area (Å²) in [7, 11) is 0. The quantitative estimate of drug-likeness (QED) is 0.865. The molecule has 1 heterocycles. The molecule has 1 atom stereocenters. The Labute approximate surface area is 111 Å². The highest BCUT2D eigenvalue weighted by molar-refractivity contribution is 5.22. The zero-order valence-corrected chi connectivity index (χ0v) is 11.6. The van der Waals surface area contributed by atoms with Crippen LogP contribution in [-0.4, -0.2) is 24.0 Å². The third-order valence-electron chi connectivity index (χ3n) is 4.06. The molecule has 0 radical (unpaired) electrons. The lowest BCUT2D eigenvalue weighted by Gasteiger charge is -2.35. The number of rotatable bonds is 5. The van der Waals surface area contributed by atoms with Crippen molar-refractivity contribution in [1.82, 2.24) is 4.90 Å². The highest BCUT2D eigenvalue weighted by Gasteiger charge is 2.20. The lowest BCUT2D eigenvalue weighted by molar-refractivity contribution is 0.136. The molecule has 1 aliphatic heterocycles. The van der Waals surface area contributed by atoms with E-state index in [0.717, 1.165) is 25.6 Å². The van der Waals surface area contributed by atoms with Crippen LogP contribution in [0, 0.1) is 0 Å². The number of likely N-dealkylation sites (tertiary alicyclic amines) is 1. The Hall–Kier alpha value is -0.860. The molecule has 0 spiro atoms. The minimum atomic E-state index is 0.739. The highest BCUT2D eigenvalue weighted by Crippen LogP contribution is 2.21. The van der Waals surface area contributed by atoms with Crippen LogP contribution in [0.2, 0.25) is 0 Å². The summed E-state index contributed by atoms with van der Waals surface area (Å²) in [5.74, 6) is 0. The number of hydrogen-bond acceptors (Lipinski definition) is 2. The van der Waals surface area contributed by atoms with Crippen molar-refractivity contribution in [2.24, 2.45) is 5.73 Å². The molecule has 0 bridgehead atoms. The lowest BCUT2D eigenvalue weighted by atomic mass is 9.99. The van der Waals surface area contributed by atoms with Crippen LogP contribution >= 0.6 is 0 Å². The molecule has 1 fully saturated rings. The van der Waals surface area contributed by atoms with Crippen molar-refractivity contribution in [2.75, 3.05) is 13.1 Å². The van der Waals surface area contributed by atoms with Crippen molar-refractivity contribution < 1.29 is 0 Å². The van der Waals surface area contributed by atoms with E-state index in [1.165, 1.54) is 43.4 Å². The molecule has 1 aliphatic rings. The van der Waals surface area contributed by atoms with Gasteiger partial charge in [0.1, 0.15) is 0 Å². The van der Waals surface area contributed by atoms with Crippen LogP contribution < -0.4 is 5.73 Å². The predicted octanol–water partition coefficient (Wildman–Crippen LogP) is 2.95. The van der Waals surface area contributed by atoms with Crippen LogP contribution in [0.15, 0.2) is 24.3 Å². The largest absolute Gasteiger partial charge is 0.330 e. The van der Waals surface area contributed by atoms with Gasteiger partial charge < -0.3 is 5.73 Å². The van der Waals surface area contributed by atoms with Gasteiger partial charge in [0, 0.05) is 12.6 Å². The van der Waals surface area contributed by atoms with E-state index >= 15 is 0 Å². The minimum absolute atomic E-state index is 0.739. The van der Waals surface area contributed by atoms with Gasteiger partial charge in [0.2, 0.25) is 0 Å². The Morgan fingerprint density at radius 1 is 1.17 bits per heavy atom. The smallest absolute Gasteiger partial charge is 0.0236 e. The fraction of sp³-hybridized carbons (Fsp3) is 0.625. The van der Waals surface area contributed by atoms with Gasteiger partial charge in [0.25, 0.3) is 0 Å². The molecule has 1 aromatic rings. The minimum Gasteiger partial charge on any atom is -0.330 e. The van der Waals surface area contributed by atoms with Crippen molar-refractivity contribution in [1.29, 1.82) is 0 Å². The normalized spacial score (nSPS) is 21.1. The van der Waals surface area contributed by atoms with Crippen LogP contribution in [0.1, 0.15) is 43.7 Å². The summed E-state index contributed by atoms with van der Waals surface area (Å²) in [4.78, 5) is 2.65. The van der Waals surface area contributed by atoms with Gasteiger partial charge in [-0.1, -0.05) is 37.6 Å². The first kappa shape index (κ1) is 13.6. The highest BCUT2D eigenvalue weighted by atomic mass is 15.2. The topological polar surface area (TPSA) is 29.3 Å².